The minimum Gasteiger partial charge on any atom is -0.330 e. The van der Waals surface area contributed by atoms with Crippen LogP contribution in [0.2, 0.25) is 0 Å². The molecule has 2 atom stereocenters. The van der Waals surface area contributed by atoms with Gasteiger partial charge in [-0.15, -0.1) is 0 Å². The van der Waals surface area contributed by atoms with Gasteiger partial charge in [0.05, 0.1) is 5.75 Å². The number of thioether (sulfide) groups is 1. The van der Waals surface area contributed by atoms with Crippen molar-refractivity contribution >= 4 is 42.2 Å². The second-order valence-corrected chi connectivity index (χ2v) is 12.9. The van der Waals surface area contributed by atoms with Gasteiger partial charge in [0.1, 0.15) is 21.5 Å². The first-order valence-electron chi connectivity index (χ1n) is 9.96. The molecule has 0 amide bonds. The smallest absolute Gasteiger partial charge is 0.210 e. The maximum Gasteiger partial charge on any atom is 0.210 e. The Balaban J connectivity index is 1.89. The van der Waals surface area contributed by atoms with E-state index in [1.807, 2.05) is 30.3 Å². The maximum absolute atomic E-state index is 14.7. The van der Waals surface area contributed by atoms with Crippen LogP contribution in [-0.4, -0.2) is 42.0 Å². The van der Waals surface area contributed by atoms with Crippen LogP contribution in [-0.2, 0) is 13.7 Å². The third-order valence-corrected chi connectivity index (χ3v) is 9.85. The number of rotatable bonds is 6. The van der Waals surface area contributed by atoms with Gasteiger partial charge in [-0.05, 0) is 50.1 Å². The molecule has 0 aliphatic carbocycles. The molecule has 2 N–H and O–H groups in total. The van der Waals surface area contributed by atoms with Gasteiger partial charge in [0.2, 0.25) is 8.87 Å². The van der Waals surface area contributed by atoms with Gasteiger partial charge in [-0.2, -0.15) is 5.10 Å². The molecule has 2 aliphatic heterocycles. The van der Waals surface area contributed by atoms with Gasteiger partial charge in [-0.25, -0.2) is 22.2 Å². The average molecular weight is 497 g/mol. The van der Waals surface area contributed by atoms with Crippen molar-refractivity contribution in [1.29, 1.82) is 0 Å². The minimum atomic E-state index is -3.46. The van der Waals surface area contributed by atoms with Gasteiger partial charge in [-0.3, -0.25) is 4.99 Å². The van der Waals surface area contributed by atoms with Crippen LogP contribution in [0.5, 0.6) is 0 Å². The topological polar surface area (TPSA) is 88.1 Å². The lowest BCUT2D eigenvalue weighted by Crippen LogP contribution is -2.44. The third-order valence-electron chi connectivity index (χ3n) is 5.10. The van der Waals surface area contributed by atoms with Crippen LogP contribution in [0, 0.1) is 11.6 Å². The number of benzene rings is 2. The molecule has 2 aromatic carbocycles. The highest BCUT2D eigenvalue weighted by Crippen LogP contribution is 2.53. The van der Waals surface area contributed by atoms with Crippen molar-refractivity contribution in [3.63, 3.8) is 0 Å². The Morgan fingerprint density at radius 3 is 2.66 bits per heavy atom. The Hall–Kier alpha value is -1.95. The van der Waals surface area contributed by atoms with Gasteiger partial charge in [0, 0.05) is 22.1 Å². The summed E-state index contributed by atoms with van der Waals surface area (Å²) in [5.74, 6) is -1.33. The second-order valence-electron chi connectivity index (χ2n) is 7.51. The molecule has 2 heterocycles. The molecule has 11 heteroatoms. The molecule has 2 aliphatic rings. The van der Waals surface area contributed by atoms with Gasteiger partial charge >= 0.3 is 0 Å². The van der Waals surface area contributed by atoms with Crippen molar-refractivity contribution in [2.75, 3.05) is 12.3 Å². The first-order chi connectivity index (χ1) is 15.2. The summed E-state index contributed by atoms with van der Waals surface area (Å²) in [6.45, 7) is 2.07. The van der Waals surface area contributed by atoms with Crippen molar-refractivity contribution < 1.29 is 17.2 Å². The number of hydrogen-bond acceptors (Lipinski definition) is 8. The van der Waals surface area contributed by atoms with Crippen molar-refractivity contribution in [3.05, 3.63) is 71.3 Å². The molecule has 0 saturated heterocycles. The largest absolute Gasteiger partial charge is 0.330 e. The summed E-state index contributed by atoms with van der Waals surface area (Å²) in [6, 6.07) is 12.7. The highest BCUT2D eigenvalue weighted by atomic mass is 33.1. The summed E-state index contributed by atoms with van der Waals surface area (Å²) in [6.07, 6.45) is 1.12. The standard InChI is InChI=1S/C21H22F2N4O2S3/c1-14-13-32(28,29)31-20(25-14)27-21(10-5-11-24,15-6-3-2-4-7-15)30-19(26-27)17-12-16(22)8-9-18(17)23/h2-4,6-9,12,20H,5,10-11,13,24H2,1H3. The van der Waals surface area contributed by atoms with Crippen LogP contribution >= 0.6 is 22.6 Å². The zero-order valence-electron chi connectivity index (χ0n) is 17.2. The fraction of sp³-hybridized carbons (Fsp3) is 0.333. The van der Waals surface area contributed by atoms with E-state index in [2.05, 4.69) is 10.1 Å². The van der Waals surface area contributed by atoms with Crippen LogP contribution < -0.4 is 5.73 Å². The maximum atomic E-state index is 14.7. The normalized spacial score (nSPS) is 24.9. The van der Waals surface area contributed by atoms with Crippen molar-refractivity contribution in [1.82, 2.24) is 5.01 Å². The van der Waals surface area contributed by atoms with E-state index in [0.29, 0.717) is 35.9 Å². The molecule has 170 valence electrons. The number of hydrazone groups is 1. The van der Waals surface area contributed by atoms with Crippen LogP contribution in [0.15, 0.2) is 58.6 Å². The van der Waals surface area contributed by atoms with Gasteiger partial charge in [0.15, 0.2) is 5.50 Å². The highest BCUT2D eigenvalue weighted by Gasteiger charge is 2.50. The van der Waals surface area contributed by atoms with Crippen LogP contribution in [0.1, 0.15) is 30.9 Å². The fourth-order valence-electron chi connectivity index (χ4n) is 3.71. The van der Waals surface area contributed by atoms with E-state index in [1.165, 1.54) is 11.8 Å². The molecule has 0 bridgehead atoms. The monoisotopic (exact) mass is 496 g/mol. The molecule has 0 fully saturated rings. The lowest BCUT2D eigenvalue weighted by Gasteiger charge is -2.40. The lowest BCUT2D eigenvalue weighted by atomic mass is 10.0. The Morgan fingerprint density at radius 1 is 1.22 bits per heavy atom. The summed E-state index contributed by atoms with van der Waals surface area (Å²) in [7, 11) is -2.75. The first kappa shape index (κ1) is 23.2. The number of hydrogen-bond donors (Lipinski definition) is 1. The Bertz CT molecular complexity index is 1170. The second kappa shape index (κ2) is 9.12. The van der Waals surface area contributed by atoms with Crippen molar-refractivity contribution in [2.24, 2.45) is 15.8 Å². The Labute approximate surface area is 193 Å². The zero-order valence-corrected chi connectivity index (χ0v) is 19.7. The molecule has 4 rings (SSSR count). The van der Waals surface area contributed by atoms with Gasteiger partial charge in [-0.1, -0.05) is 42.1 Å². The Morgan fingerprint density at radius 2 is 1.97 bits per heavy atom. The van der Waals surface area contributed by atoms with E-state index in [0.717, 1.165) is 23.8 Å². The molecule has 6 nitrogen and oxygen atoms in total. The van der Waals surface area contributed by atoms with E-state index in [1.54, 1.807) is 11.9 Å². The van der Waals surface area contributed by atoms with Crippen molar-refractivity contribution in [2.45, 2.75) is 30.1 Å². The molecule has 0 saturated carbocycles. The summed E-state index contributed by atoms with van der Waals surface area (Å²) in [4.78, 5) is 3.68. The molecular weight excluding hydrogens is 474 g/mol. The van der Waals surface area contributed by atoms with E-state index >= 15 is 0 Å². The zero-order chi connectivity index (χ0) is 22.9. The molecule has 2 aromatic rings. The number of nitrogens with zero attached hydrogens (tertiary/aromatic N) is 3. The summed E-state index contributed by atoms with van der Waals surface area (Å²) >= 11 is 1.27. The summed E-state index contributed by atoms with van der Waals surface area (Å²) < 4.78 is 53.6. The molecular formula is C21H22F2N4O2S3. The molecule has 0 radical (unpaired) electrons. The van der Waals surface area contributed by atoms with Crippen LogP contribution in [0.4, 0.5) is 8.78 Å². The molecule has 0 spiro atoms. The Kier molecular flexibility index (Phi) is 6.62. The van der Waals surface area contributed by atoms with E-state index in [4.69, 9.17) is 5.73 Å². The minimum absolute atomic E-state index is 0.0231. The number of halogens is 2. The van der Waals surface area contributed by atoms with Gasteiger partial charge < -0.3 is 5.73 Å². The molecule has 0 aromatic heterocycles. The SMILES string of the molecule is CC1=NC(N2N=C(c3cc(F)ccc3F)SC2(CCCN)c2ccccc2)SS(=O)(=O)C1. The van der Waals surface area contributed by atoms with E-state index in [9.17, 15) is 17.2 Å². The van der Waals surface area contributed by atoms with Crippen LogP contribution in [0.25, 0.3) is 0 Å². The number of nitrogens with two attached hydrogens (primary N) is 1. The quantitative estimate of drug-likeness (QED) is 0.606. The average Bonchev–Trinajstić information content (AvgIpc) is 3.14. The highest BCUT2D eigenvalue weighted by molar-refractivity contribution is 8.72. The molecule has 2 unspecified atom stereocenters. The fourth-order valence-corrected chi connectivity index (χ4v) is 8.55. The summed E-state index contributed by atoms with van der Waals surface area (Å²) in [5.41, 5.74) is 6.30. The first-order valence-corrected chi connectivity index (χ1v) is 13.8. The van der Waals surface area contributed by atoms with Gasteiger partial charge in [0.25, 0.3) is 0 Å². The molecule has 32 heavy (non-hydrogen) atoms. The predicted molar refractivity (Wildman–Crippen MR) is 127 cm³/mol. The van der Waals surface area contributed by atoms with E-state index in [-0.39, 0.29) is 16.4 Å². The van der Waals surface area contributed by atoms with Crippen molar-refractivity contribution in [3.8, 4) is 0 Å². The van der Waals surface area contributed by atoms with E-state index < -0.39 is 30.9 Å². The number of aliphatic imine (C=N–C) groups is 1. The predicted octanol–water partition coefficient (Wildman–Crippen LogP) is 4.09. The third kappa shape index (κ3) is 4.57. The summed E-state index contributed by atoms with van der Waals surface area (Å²) in [5, 5.41) is 6.52. The van der Waals surface area contributed by atoms with Crippen LogP contribution in [0.3, 0.4) is 0 Å². The lowest BCUT2D eigenvalue weighted by molar-refractivity contribution is 0.159.